The standard InChI is InChI=1S/C7H16N2/c1-6(8)7-4-3-5-9(7)2/h6-7H,3-5,8H2,1-2H3/t6?,7-/m1/s1. The molecule has 1 rings (SSSR count). The lowest BCUT2D eigenvalue weighted by atomic mass is 10.1. The number of likely N-dealkylation sites (tertiary alicyclic amines) is 1. The van der Waals surface area contributed by atoms with Gasteiger partial charge >= 0.3 is 0 Å². The molecule has 1 aliphatic heterocycles. The van der Waals surface area contributed by atoms with E-state index in [1.807, 2.05) is 0 Å². The third-order valence-electron chi connectivity index (χ3n) is 2.18. The van der Waals surface area contributed by atoms with E-state index in [-0.39, 0.29) is 0 Å². The maximum Gasteiger partial charge on any atom is 0.0241 e. The van der Waals surface area contributed by atoms with E-state index in [2.05, 4.69) is 18.9 Å². The van der Waals surface area contributed by atoms with Gasteiger partial charge in [-0.3, -0.25) is 0 Å². The van der Waals surface area contributed by atoms with E-state index >= 15 is 0 Å². The van der Waals surface area contributed by atoms with Crippen molar-refractivity contribution in [2.75, 3.05) is 13.6 Å². The Morgan fingerprint density at radius 2 is 2.33 bits per heavy atom. The molecule has 1 saturated heterocycles. The Balaban J connectivity index is 2.40. The van der Waals surface area contributed by atoms with Crippen LogP contribution in [0.4, 0.5) is 0 Å². The first-order chi connectivity index (χ1) is 4.22. The van der Waals surface area contributed by atoms with Crippen molar-refractivity contribution in [3.63, 3.8) is 0 Å². The first-order valence-electron chi connectivity index (χ1n) is 3.67. The highest BCUT2D eigenvalue weighted by Crippen LogP contribution is 2.16. The van der Waals surface area contributed by atoms with Crippen LogP contribution in [0, 0.1) is 0 Å². The fraction of sp³-hybridized carbons (Fsp3) is 1.00. The van der Waals surface area contributed by atoms with Crippen molar-refractivity contribution in [2.45, 2.75) is 31.8 Å². The van der Waals surface area contributed by atoms with Gasteiger partial charge in [0.15, 0.2) is 0 Å². The Morgan fingerprint density at radius 3 is 2.56 bits per heavy atom. The van der Waals surface area contributed by atoms with Crippen molar-refractivity contribution >= 4 is 0 Å². The second-order valence-corrected chi connectivity index (χ2v) is 3.05. The highest BCUT2D eigenvalue weighted by atomic mass is 15.2. The molecule has 2 heteroatoms. The Morgan fingerprint density at radius 1 is 1.67 bits per heavy atom. The number of nitrogens with zero attached hydrogens (tertiary/aromatic N) is 1. The molecule has 0 radical (unpaired) electrons. The fourth-order valence-corrected chi connectivity index (χ4v) is 1.60. The third kappa shape index (κ3) is 1.43. The fourth-order valence-electron chi connectivity index (χ4n) is 1.60. The molecule has 0 bridgehead atoms. The van der Waals surface area contributed by atoms with Crippen molar-refractivity contribution < 1.29 is 0 Å². The van der Waals surface area contributed by atoms with Gasteiger partial charge in [0.25, 0.3) is 0 Å². The average Bonchev–Trinajstić information content (AvgIpc) is 2.13. The van der Waals surface area contributed by atoms with Crippen molar-refractivity contribution in [3.05, 3.63) is 0 Å². The molecule has 0 spiro atoms. The number of hydrogen-bond acceptors (Lipinski definition) is 2. The minimum absolute atomic E-state index is 0.345. The van der Waals surface area contributed by atoms with Gasteiger partial charge in [-0.2, -0.15) is 0 Å². The van der Waals surface area contributed by atoms with E-state index < -0.39 is 0 Å². The molecule has 9 heavy (non-hydrogen) atoms. The summed E-state index contributed by atoms with van der Waals surface area (Å²) in [6.07, 6.45) is 2.61. The molecular weight excluding hydrogens is 112 g/mol. The Bertz CT molecular complexity index is 90.9. The van der Waals surface area contributed by atoms with Crippen LogP contribution in [-0.2, 0) is 0 Å². The van der Waals surface area contributed by atoms with Crippen LogP contribution in [0.3, 0.4) is 0 Å². The van der Waals surface area contributed by atoms with Crippen LogP contribution >= 0.6 is 0 Å². The van der Waals surface area contributed by atoms with E-state index in [1.165, 1.54) is 19.4 Å². The Hall–Kier alpha value is -0.0800. The van der Waals surface area contributed by atoms with Crippen molar-refractivity contribution in [1.82, 2.24) is 4.90 Å². The first-order valence-corrected chi connectivity index (χ1v) is 3.67. The second-order valence-electron chi connectivity index (χ2n) is 3.05. The molecule has 2 atom stereocenters. The van der Waals surface area contributed by atoms with Gasteiger partial charge in [0.2, 0.25) is 0 Å². The quantitative estimate of drug-likeness (QED) is 0.555. The average molecular weight is 128 g/mol. The summed E-state index contributed by atoms with van der Waals surface area (Å²) < 4.78 is 0. The van der Waals surface area contributed by atoms with Gasteiger partial charge in [-0.15, -0.1) is 0 Å². The molecule has 54 valence electrons. The van der Waals surface area contributed by atoms with Crippen LogP contribution in [0.15, 0.2) is 0 Å². The number of nitrogens with two attached hydrogens (primary N) is 1. The Labute approximate surface area is 57.0 Å². The lowest BCUT2D eigenvalue weighted by Crippen LogP contribution is -2.39. The molecule has 1 fully saturated rings. The molecule has 0 aromatic carbocycles. The summed E-state index contributed by atoms with van der Waals surface area (Å²) >= 11 is 0. The molecule has 0 aromatic rings. The van der Waals surface area contributed by atoms with E-state index in [4.69, 9.17) is 5.73 Å². The second kappa shape index (κ2) is 2.67. The monoisotopic (exact) mass is 128 g/mol. The molecule has 0 saturated carbocycles. The largest absolute Gasteiger partial charge is 0.327 e. The predicted molar refractivity (Wildman–Crippen MR) is 39.3 cm³/mol. The van der Waals surface area contributed by atoms with Crippen LogP contribution in [0.5, 0.6) is 0 Å². The summed E-state index contributed by atoms with van der Waals surface area (Å²) in [6, 6.07) is 0.988. The SMILES string of the molecule is CC(N)[C@H]1CCCN1C. The lowest BCUT2D eigenvalue weighted by Gasteiger charge is -2.22. The summed E-state index contributed by atoms with van der Waals surface area (Å²) in [5, 5.41) is 0. The lowest BCUT2D eigenvalue weighted by molar-refractivity contribution is 0.280. The normalized spacial score (nSPS) is 33.0. The molecule has 2 nitrogen and oxygen atoms in total. The van der Waals surface area contributed by atoms with Gasteiger partial charge in [0.05, 0.1) is 0 Å². The maximum absolute atomic E-state index is 5.75. The van der Waals surface area contributed by atoms with Gasteiger partial charge in [0.1, 0.15) is 0 Å². The topological polar surface area (TPSA) is 29.3 Å². The number of hydrogen-bond donors (Lipinski definition) is 1. The maximum atomic E-state index is 5.75. The highest BCUT2D eigenvalue weighted by Gasteiger charge is 2.23. The zero-order valence-electron chi connectivity index (χ0n) is 6.30. The minimum atomic E-state index is 0.345. The molecule has 0 amide bonds. The summed E-state index contributed by atoms with van der Waals surface area (Å²) in [5.41, 5.74) is 5.75. The molecule has 0 aromatic heterocycles. The van der Waals surface area contributed by atoms with Crippen LogP contribution < -0.4 is 5.73 Å². The zero-order valence-corrected chi connectivity index (χ0v) is 6.30. The number of likely N-dealkylation sites (N-methyl/N-ethyl adjacent to an activating group) is 1. The Kier molecular flexibility index (Phi) is 2.09. The molecule has 1 unspecified atom stereocenters. The van der Waals surface area contributed by atoms with E-state index in [1.54, 1.807) is 0 Å². The predicted octanol–water partition coefficient (Wildman–Crippen LogP) is 0.428. The third-order valence-corrected chi connectivity index (χ3v) is 2.18. The van der Waals surface area contributed by atoms with E-state index in [0.29, 0.717) is 12.1 Å². The van der Waals surface area contributed by atoms with Crippen LogP contribution in [0.2, 0.25) is 0 Å². The van der Waals surface area contributed by atoms with Gasteiger partial charge in [0, 0.05) is 12.1 Å². The number of rotatable bonds is 1. The zero-order chi connectivity index (χ0) is 6.85. The van der Waals surface area contributed by atoms with Crippen LogP contribution in [0.25, 0.3) is 0 Å². The van der Waals surface area contributed by atoms with Crippen LogP contribution in [-0.4, -0.2) is 30.6 Å². The van der Waals surface area contributed by atoms with Crippen LogP contribution in [0.1, 0.15) is 19.8 Å². The summed E-state index contributed by atoms with van der Waals surface area (Å²) in [7, 11) is 2.15. The van der Waals surface area contributed by atoms with Crippen molar-refractivity contribution in [2.24, 2.45) is 5.73 Å². The van der Waals surface area contributed by atoms with Crippen molar-refractivity contribution in [1.29, 1.82) is 0 Å². The van der Waals surface area contributed by atoms with Gasteiger partial charge < -0.3 is 10.6 Å². The summed E-state index contributed by atoms with van der Waals surface area (Å²) in [6.45, 7) is 3.32. The molecular formula is C7H16N2. The summed E-state index contributed by atoms with van der Waals surface area (Å²) in [4.78, 5) is 2.35. The smallest absolute Gasteiger partial charge is 0.0241 e. The van der Waals surface area contributed by atoms with Gasteiger partial charge in [-0.25, -0.2) is 0 Å². The minimum Gasteiger partial charge on any atom is -0.327 e. The summed E-state index contributed by atoms with van der Waals surface area (Å²) in [5.74, 6) is 0. The van der Waals surface area contributed by atoms with Crippen molar-refractivity contribution in [3.8, 4) is 0 Å². The van der Waals surface area contributed by atoms with E-state index in [0.717, 1.165) is 0 Å². The molecule has 0 aliphatic carbocycles. The molecule has 1 aliphatic rings. The first kappa shape index (κ1) is 7.03. The highest BCUT2D eigenvalue weighted by molar-refractivity contribution is 4.82. The molecule has 1 heterocycles. The van der Waals surface area contributed by atoms with Gasteiger partial charge in [-0.05, 0) is 33.4 Å². The van der Waals surface area contributed by atoms with E-state index in [9.17, 15) is 0 Å². The van der Waals surface area contributed by atoms with Gasteiger partial charge in [-0.1, -0.05) is 0 Å². The molecule has 2 N–H and O–H groups in total.